The van der Waals surface area contributed by atoms with Crippen LogP contribution in [0.3, 0.4) is 0 Å². The maximum atomic E-state index is 12.3. The van der Waals surface area contributed by atoms with Gasteiger partial charge in [-0.25, -0.2) is 4.98 Å². The molecule has 1 amide bonds. The second-order valence-electron chi connectivity index (χ2n) is 5.00. The van der Waals surface area contributed by atoms with E-state index in [0.717, 1.165) is 11.3 Å². The Balaban J connectivity index is 1.71. The molecule has 3 rings (SSSR count). The van der Waals surface area contributed by atoms with Crippen molar-refractivity contribution >= 4 is 22.4 Å². The third-order valence-corrected chi connectivity index (χ3v) is 4.05. The lowest BCUT2D eigenvalue weighted by molar-refractivity contribution is 0.102. The molecule has 0 atom stereocenters. The average molecular weight is 340 g/mol. The normalized spacial score (nSPS) is 10.4. The van der Waals surface area contributed by atoms with Crippen molar-refractivity contribution in [2.45, 2.75) is 6.92 Å². The van der Waals surface area contributed by atoms with Crippen molar-refractivity contribution in [1.82, 2.24) is 4.98 Å². The summed E-state index contributed by atoms with van der Waals surface area (Å²) in [6.45, 7) is 2.50. The molecule has 0 radical (unpaired) electrons. The van der Waals surface area contributed by atoms with Gasteiger partial charge in [0.25, 0.3) is 5.91 Å². The van der Waals surface area contributed by atoms with E-state index in [-0.39, 0.29) is 11.7 Å². The predicted octanol–water partition coefficient (Wildman–Crippen LogP) is 4.17. The fourth-order valence-electron chi connectivity index (χ4n) is 2.17. The van der Waals surface area contributed by atoms with Gasteiger partial charge in [-0.2, -0.15) is 0 Å². The van der Waals surface area contributed by atoms with Crippen molar-refractivity contribution in [3.8, 4) is 22.8 Å². The molecule has 0 saturated carbocycles. The third-order valence-electron chi connectivity index (χ3n) is 3.29. The van der Waals surface area contributed by atoms with Crippen LogP contribution in [0.1, 0.15) is 17.3 Å². The number of carbonyl (C=O) groups excluding carboxylic acids is 1. The van der Waals surface area contributed by atoms with Gasteiger partial charge in [0.05, 0.1) is 12.3 Å². The molecule has 2 aromatic carbocycles. The summed E-state index contributed by atoms with van der Waals surface area (Å²) < 4.78 is 5.36. The van der Waals surface area contributed by atoms with Gasteiger partial charge in [-0.15, -0.1) is 11.3 Å². The predicted molar refractivity (Wildman–Crippen MR) is 94.8 cm³/mol. The molecular weight excluding hydrogens is 324 g/mol. The summed E-state index contributed by atoms with van der Waals surface area (Å²) in [5.41, 5.74) is 2.04. The largest absolute Gasteiger partial charge is 0.508 e. The number of ether oxygens (including phenoxy) is 1. The van der Waals surface area contributed by atoms with E-state index in [0.29, 0.717) is 23.0 Å². The lowest BCUT2D eigenvalue weighted by Crippen LogP contribution is -2.11. The Bertz CT molecular complexity index is 843. The number of thiazole rings is 1. The quantitative estimate of drug-likeness (QED) is 0.731. The first-order valence-electron chi connectivity index (χ1n) is 7.45. The molecule has 122 valence electrons. The van der Waals surface area contributed by atoms with Crippen molar-refractivity contribution in [3.63, 3.8) is 0 Å². The number of carbonyl (C=O) groups is 1. The van der Waals surface area contributed by atoms with Crippen LogP contribution in [0.5, 0.6) is 11.5 Å². The molecule has 6 heteroatoms. The molecule has 3 aromatic rings. The van der Waals surface area contributed by atoms with Crippen LogP contribution in [0, 0.1) is 0 Å². The van der Waals surface area contributed by atoms with Gasteiger partial charge in [-0.05, 0) is 43.3 Å². The maximum Gasteiger partial charge on any atom is 0.257 e. The molecule has 0 saturated heterocycles. The number of phenols is 1. The van der Waals surface area contributed by atoms with Crippen molar-refractivity contribution < 1.29 is 14.6 Å². The Labute approximate surface area is 143 Å². The number of nitrogens with zero attached hydrogens (tertiary/aromatic N) is 1. The highest BCUT2D eigenvalue weighted by molar-refractivity contribution is 7.14. The zero-order valence-electron chi connectivity index (χ0n) is 13.0. The minimum atomic E-state index is -0.227. The number of aromatic hydroxyl groups is 1. The molecule has 0 bridgehead atoms. The molecule has 1 heterocycles. The SMILES string of the molecule is CCOc1ccc(C(=O)Nc2nc(-c3cccc(O)c3)cs2)cc1. The highest BCUT2D eigenvalue weighted by Gasteiger charge is 2.10. The first-order chi connectivity index (χ1) is 11.7. The van der Waals surface area contributed by atoms with Crippen molar-refractivity contribution in [3.05, 3.63) is 59.5 Å². The lowest BCUT2D eigenvalue weighted by atomic mass is 10.2. The summed E-state index contributed by atoms with van der Waals surface area (Å²) in [6, 6.07) is 13.8. The van der Waals surface area contributed by atoms with Crippen LogP contribution in [0.4, 0.5) is 5.13 Å². The number of benzene rings is 2. The molecular formula is C18H16N2O3S. The van der Waals surface area contributed by atoms with E-state index in [1.807, 2.05) is 18.4 Å². The van der Waals surface area contributed by atoms with Crippen LogP contribution >= 0.6 is 11.3 Å². The number of amides is 1. The van der Waals surface area contributed by atoms with Crippen LogP contribution in [-0.4, -0.2) is 22.6 Å². The number of hydrogen-bond donors (Lipinski definition) is 2. The molecule has 2 N–H and O–H groups in total. The van der Waals surface area contributed by atoms with E-state index >= 15 is 0 Å². The standard InChI is InChI=1S/C18H16N2O3S/c1-2-23-15-8-6-12(7-9-15)17(22)20-18-19-16(11-24-18)13-4-3-5-14(21)10-13/h3-11,21H,2H2,1H3,(H,19,20,22). The van der Waals surface area contributed by atoms with Gasteiger partial charge in [0.2, 0.25) is 0 Å². The first kappa shape index (κ1) is 16.0. The van der Waals surface area contributed by atoms with Gasteiger partial charge in [0.1, 0.15) is 11.5 Å². The third kappa shape index (κ3) is 3.72. The molecule has 0 aliphatic heterocycles. The van der Waals surface area contributed by atoms with E-state index in [1.165, 1.54) is 11.3 Å². The van der Waals surface area contributed by atoms with Crippen molar-refractivity contribution in [2.24, 2.45) is 0 Å². The van der Waals surface area contributed by atoms with E-state index in [4.69, 9.17) is 4.74 Å². The topological polar surface area (TPSA) is 71.5 Å². The minimum Gasteiger partial charge on any atom is -0.508 e. The average Bonchev–Trinajstić information content (AvgIpc) is 3.04. The zero-order valence-corrected chi connectivity index (χ0v) is 13.8. The fourth-order valence-corrected chi connectivity index (χ4v) is 2.88. The second kappa shape index (κ2) is 7.14. The maximum absolute atomic E-state index is 12.3. The second-order valence-corrected chi connectivity index (χ2v) is 5.86. The number of hydrogen-bond acceptors (Lipinski definition) is 5. The van der Waals surface area contributed by atoms with Gasteiger partial charge in [0.15, 0.2) is 5.13 Å². The number of anilines is 1. The van der Waals surface area contributed by atoms with Crippen LogP contribution in [0.2, 0.25) is 0 Å². The smallest absolute Gasteiger partial charge is 0.257 e. The highest BCUT2D eigenvalue weighted by Crippen LogP contribution is 2.27. The first-order valence-corrected chi connectivity index (χ1v) is 8.33. The van der Waals surface area contributed by atoms with Crippen LogP contribution in [0.15, 0.2) is 53.9 Å². The zero-order chi connectivity index (χ0) is 16.9. The number of phenolic OH excluding ortho intramolecular Hbond substituents is 1. The summed E-state index contributed by atoms with van der Waals surface area (Å²) in [5.74, 6) is 0.685. The van der Waals surface area contributed by atoms with E-state index in [2.05, 4.69) is 10.3 Å². The Morgan fingerprint density at radius 2 is 2.04 bits per heavy atom. The van der Waals surface area contributed by atoms with Gasteiger partial charge >= 0.3 is 0 Å². The highest BCUT2D eigenvalue weighted by atomic mass is 32.1. The Hall–Kier alpha value is -2.86. The summed E-state index contributed by atoms with van der Waals surface area (Å²) in [4.78, 5) is 16.6. The Kier molecular flexibility index (Phi) is 4.77. The molecule has 24 heavy (non-hydrogen) atoms. The van der Waals surface area contributed by atoms with E-state index in [9.17, 15) is 9.90 Å². The number of nitrogens with one attached hydrogen (secondary N) is 1. The summed E-state index contributed by atoms with van der Waals surface area (Å²) in [6.07, 6.45) is 0. The molecule has 0 fully saturated rings. The van der Waals surface area contributed by atoms with Crippen molar-refractivity contribution in [1.29, 1.82) is 0 Å². The monoisotopic (exact) mass is 340 g/mol. The van der Waals surface area contributed by atoms with Gasteiger partial charge in [0, 0.05) is 16.5 Å². The summed E-state index contributed by atoms with van der Waals surface area (Å²) in [5, 5.41) is 14.7. The molecule has 0 spiro atoms. The molecule has 0 aliphatic rings. The van der Waals surface area contributed by atoms with E-state index in [1.54, 1.807) is 42.5 Å². The fraction of sp³-hybridized carbons (Fsp3) is 0.111. The van der Waals surface area contributed by atoms with Crippen LogP contribution < -0.4 is 10.1 Å². The summed E-state index contributed by atoms with van der Waals surface area (Å²) in [7, 11) is 0. The van der Waals surface area contributed by atoms with Crippen LogP contribution in [0.25, 0.3) is 11.3 Å². The Morgan fingerprint density at radius 3 is 2.75 bits per heavy atom. The summed E-state index contributed by atoms with van der Waals surface area (Å²) >= 11 is 1.34. The molecule has 0 aliphatic carbocycles. The van der Waals surface area contributed by atoms with Gasteiger partial charge in [-0.1, -0.05) is 12.1 Å². The Morgan fingerprint density at radius 1 is 1.25 bits per heavy atom. The van der Waals surface area contributed by atoms with Gasteiger partial charge in [-0.3, -0.25) is 10.1 Å². The van der Waals surface area contributed by atoms with E-state index < -0.39 is 0 Å². The molecule has 5 nitrogen and oxygen atoms in total. The number of aromatic nitrogens is 1. The lowest BCUT2D eigenvalue weighted by Gasteiger charge is -2.05. The van der Waals surface area contributed by atoms with Crippen molar-refractivity contribution in [2.75, 3.05) is 11.9 Å². The molecule has 1 aromatic heterocycles. The minimum absolute atomic E-state index is 0.181. The van der Waals surface area contributed by atoms with Gasteiger partial charge < -0.3 is 9.84 Å². The number of rotatable bonds is 5. The van der Waals surface area contributed by atoms with Crippen LogP contribution in [-0.2, 0) is 0 Å². The molecule has 0 unspecified atom stereocenters.